The van der Waals surface area contributed by atoms with E-state index < -0.39 is 45.3 Å². The third kappa shape index (κ3) is 5.70. The maximum absolute atomic E-state index is 14.5. The number of sulfonamides is 1. The first-order valence-corrected chi connectivity index (χ1v) is 14.4. The second-order valence-corrected chi connectivity index (χ2v) is 11.7. The fourth-order valence-electron chi connectivity index (χ4n) is 4.41. The molecule has 37 heavy (non-hydrogen) atoms. The van der Waals surface area contributed by atoms with Gasteiger partial charge in [0, 0.05) is 41.8 Å². The molecule has 14 heteroatoms. The van der Waals surface area contributed by atoms with Gasteiger partial charge in [-0.15, -0.1) is 11.3 Å². The molecule has 9 nitrogen and oxygen atoms in total. The van der Waals surface area contributed by atoms with Crippen LogP contribution in [0.15, 0.2) is 40.0 Å². The molecule has 1 aromatic heterocycles. The number of ether oxygens (including phenoxy) is 1. The lowest BCUT2D eigenvalue weighted by atomic mass is 9.86. The Hall–Kier alpha value is -2.45. The van der Waals surface area contributed by atoms with Gasteiger partial charge in [-0.1, -0.05) is 17.7 Å². The van der Waals surface area contributed by atoms with Crippen molar-refractivity contribution < 1.29 is 31.8 Å². The predicted molar refractivity (Wildman–Crippen MR) is 135 cm³/mol. The zero-order chi connectivity index (χ0) is 26.7. The molecule has 2 N–H and O–H groups in total. The standard InChI is InChI=1S/C23H25ClF2N4O5S2/c1-2-35-23(32)16-19(13-5-8-30(9-6-13)37(33,34)12-10-31)28-21(22-27-7-11-36-22)29-20(16)14-3-4-15(25)18(26)17(14)24/h3-4,7,11,13,20,31H,2,5-6,8-10,12H2,1H3,(H,28,29)/t20-/m1/s1. The van der Waals surface area contributed by atoms with Crippen LogP contribution in [0.3, 0.4) is 0 Å². The molecule has 0 amide bonds. The van der Waals surface area contributed by atoms with Crippen molar-refractivity contribution in [1.82, 2.24) is 14.6 Å². The Kier molecular flexibility index (Phi) is 8.59. The summed E-state index contributed by atoms with van der Waals surface area (Å²) < 4.78 is 59.8. The number of esters is 1. The number of allylic oxidation sites excluding steroid dienone is 1. The number of aliphatic hydroxyl groups excluding tert-OH is 1. The number of hydrogen-bond donors (Lipinski definition) is 2. The van der Waals surface area contributed by atoms with Crippen molar-refractivity contribution in [3.63, 3.8) is 0 Å². The smallest absolute Gasteiger partial charge is 0.338 e. The second-order valence-electron chi connectivity index (χ2n) is 8.37. The third-order valence-corrected chi connectivity index (χ3v) is 9.18. The summed E-state index contributed by atoms with van der Waals surface area (Å²) in [6.07, 6.45) is 2.30. The van der Waals surface area contributed by atoms with Crippen LogP contribution in [0.25, 0.3) is 0 Å². The first kappa shape index (κ1) is 27.6. The maximum Gasteiger partial charge on any atom is 0.338 e. The van der Waals surface area contributed by atoms with Crippen LogP contribution >= 0.6 is 22.9 Å². The van der Waals surface area contributed by atoms with Gasteiger partial charge in [-0.25, -0.2) is 31.3 Å². The van der Waals surface area contributed by atoms with Crippen LogP contribution in [-0.2, 0) is 19.6 Å². The van der Waals surface area contributed by atoms with Crippen LogP contribution < -0.4 is 5.32 Å². The average Bonchev–Trinajstić information content (AvgIpc) is 3.42. The molecule has 1 fully saturated rings. The van der Waals surface area contributed by atoms with Gasteiger partial charge in [-0.3, -0.25) is 4.99 Å². The largest absolute Gasteiger partial charge is 0.463 e. The molecule has 2 aromatic rings. The van der Waals surface area contributed by atoms with Crippen molar-refractivity contribution in [1.29, 1.82) is 0 Å². The number of nitrogens with zero attached hydrogens (tertiary/aromatic N) is 3. The van der Waals surface area contributed by atoms with Crippen molar-refractivity contribution in [2.75, 3.05) is 32.1 Å². The number of halogens is 3. The number of aliphatic hydroxyl groups is 1. The average molecular weight is 575 g/mol. The molecule has 1 atom stereocenters. The number of benzene rings is 1. The SMILES string of the molecule is CCOC(=O)C1=C(C2CCN(S(=O)(=O)CCO)CC2)NC(c2nccs2)=N[C@@H]1c1ccc(F)c(F)c1Cl. The van der Waals surface area contributed by atoms with E-state index in [1.54, 1.807) is 18.5 Å². The topological polar surface area (TPSA) is 121 Å². The molecular weight excluding hydrogens is 550 g/mol. The van der Waals surface area contributed by atoms with Crippen molar-refractivity contribution in [3.8, 4) is 0 Å². The first-order valence-electron chi connectivity index (χ1n) is 11.6. The van der Waals surface area contributed by atoms with E-state index in [9.17, 15) is 22.0 Å². The molecule has 0 saturated carbocycles. The van der Waals surface area contributed by atoms with E-state index >= 15 is 0 Å². The number of amidine groups is 1. The number of carbonyl (C=O) groups excluding carboxylic acids is 1. The van der Waals surface area contributed by atoms with Crippen molar-refractivity contribution in [3.05, 3.63) is 62.2 Å². The van der Waals surface area contributed by atoms with E-state index in [1.165, 1.54) is 21.7 Å². The molecule has 0 unspecified atom stereocenters. The van der Waals surface area contributed by atoms with Crippen LogP contribution in [0, 0.1) is 17.6 Å². The molecule has 2 aliphatic rings. The minimum Gasteiger partial charge on any atom is -0.463 e. The number of carbonyl (C=O) groups is 1. The highest BCUT2D eigenvalue weighted by molar-refractivity contribution is 7.89. The number of aliphatic imine (C=N–C) groups is 1. The molecule has 1 saturated heterocycles. The van der Waals surface area contributed by atoms with E-state index in [0.717, 1.165) is 6.07 Å². The van der Waals surface area contributed by atoms with Gasteiger partial charge in [-0.05, 0) is 25.8 Å². The normalized spacial score (nSPS) is 19.5. The van der Waals surface area contributed by atoms with E-state index in [2.05, 4.69) is 15.3 Å². The molecule has 0 bridgehead atoms. The van der Waals surface area contributed by atoms with E-state index in [0.29, 0.717) is 29.4 Å². The lowest BCUT2D eigenvalue weighted by Crippen LogP contribution is -2.44. The molecule has 3 heterocycles. The number of aromatic nitrogens is 1. The number of nitrogens with one attached hydrogen (secondary N) is 1. The summed E-state index contributed by atoms with van der Waals surface area (Å²) in [5, 5.41) is 14.0. The fourth-order valence-corrected chi connectivity index (χ4v) is 6.51. The van der Waals surface area contributed by atoms with Crippen LogP contribution in [0.1, 0.15) is 36.4 Å². The molecule has 2 aliphatic heterocycles. The third-order valence-electron chi connectivity index (χ3n) is 6.17. The van der Waals surface area contributed by atoms with Crippen LogP contribution in [0.5, 0.6) is 0 Å². The van der Waals surface area contributed by atoms with E-state index in [-0.39, 0.29) is 42.5 Å². The second kappa shape index (κ2) is 11.5. The summed E-state index contributed by atoms with van der Waals surface area (Å²) in [4.78, 5) is 22.2. The predicted octanol–water partition coefficient (Wildman–Crippen LogP) is 3.02. The highest BCUT2D eigenvalue weighted by Gasteiger charge is 2.39. The summed E-state index contributed by atoms with van der Waals surface area (Å²) >= 11 is 7.49. The van der Waals surface area contributed by atoms with Crippen LogP contribution in [0.2, 0.25) is 5.02 Å². The maximum atomic E-state index is 14.5. The minimum absolute atomic E-state index is 0.0642. The summed E-state index contributed by atoms with van der Waals surface area (Å²) in [6.45, 7) is 1.58. The Labute approximate surface area is 221 Å². The summed E-state index contributed by atoms with van der Waals surface area (Å²) in [6, 6.07) is 1.08. The number of hydrogen-bond acceptors (Lipinski definition) is 9. The lowest BCUT2D eigenvalue weighted by Gasteiger charge is -2.36. The molecule has 4 rings (SSSR count). The van der Waals surface area contributed by atoms with Crippen LogP contribution in [-0.4, -0.2) is 66.7 Å². The number of piperidine rings is 1. The zero-order valence-electron chi connectivity index (χ0n) is 19.8. The van der Waals surface area contributed by atoms with Gasteiger partial charge in [0.25, 0.3) is 0 Å². The van der Waals surface area contributed by atoms with Crippen LogP contribution in [0.4, 0.5) is 8.78 Å². The molecule has 0 radical (unpaired) electrons. The van der Waals surface area contributed by atoms with Gasteiger partial charge in [0.1, 0.15) is 6.04 Å². The fraction of sp³-hybridized carbons (Fsp3) is 0.435. The summed E-state index contributed by atoms with van der Waals surface area (Å²) in [5.41, 5.74) is 0.620. The molecular formula is C23H25ClF2N4O5S2. The highest BCUT2D eigenvalue weighted by atomic mass is 35.5. The Balaban J connectivity index is 1.80. The zero-order valence-corrected chi connectivity index (χ0v) is 22.2. The molecule has 0 aliphatic carbocycles. The van der Waals surface area contributed by atoms with Gasteiger partial charge >= 0.3 is 5.97 Å². The van der Waals surface area contributed by atoms with Gasteiger partial charge in [0.2, 0.25) is 10.0 Å². The Morgan fingerprint density at radius 1 is 1.32 bits per heavy atom. The van der Waals surface area contributed by atoms with E-state index in [1.807, 2.05) is 0 Å². The number of thiazole rings is 1. The monoisotopic (exact) mass is 574 g/mol. The number of rotatable bonds is 8. The molecule has 0 spiro atoms. The summed E-state index contributed by atoms with van der Waals surface area (Å²) in [7, 11) is -3.61. The van der Waals surface area contributed by atoms with Crippen molar-refractivity contribution in [2.45, 2.75) is 25.8 Å². The van der Waals surface area contributed by atoms with E-state index in [4.69, 9.17) is 21.4 Å². The quantitative estimate of drug-likeness (QED) is 0.367. The minimum atomic E-state index is -3.61. The summed E-state index contributed by atoms with van der Waals surface area (Å²) in [5.74, 6) is -3.45. The molecule has 1 aromatic carbocycles. The van der Waals surface area contributed by atoms with Gasteiger partial charge in [0.05, 0.1) is 29.6 Å². The highest BCUT2D eigenvalue weighted by Crippen LogP contribution is 2.41. The van der Waals surface area contributed by atoms with Gasteiger partial charge in [-0.2, -0.15) is 0 Å². The van der Waals surface area contributed by atoms with Crippen molar-refractivity contribution >= 4 is 44.8 Å². The lowest BCUT2D eigenvalue weighted by molar-refractivity contribution is -0.139. The van der Waals surface area contributed by atoms with Gasteiger partial charge < -0.3 is 15.2 Å². The first-order chi connectivity index (χ1) is 17.7. The Morgan fingerprint density at radius 3 is 2.68 bits per heavy atom. The van der Waals surface area contributed by atoms with Gasteiger partial charge in [0.15, 0.2) is 22.5 Å². The molecule has 200 valence electrons. The Bertz CT molecular complexity index is 1330. The van der Waals surface area contributed by atoms with Crippen molar-refractivity contribution in [2.24, 2.45) is 10.9 Å². The Morgan fingerprint density at radius 2 is 2.05 bits per heavy atom.